The van der Waals surface area contributed by atoms with Crippen LogP contribution < -0.4 is 0 Å². The summed E-state index contributed by atoms with van der Waals surface area (Å²) in [7, 11) is 2.01. The molecular weight excluding hydrogens is 240 g/mol. The third kappa shape index (κ3) is 4.19. The summed E-state index contributed by atoms with van der Waals surface area (Å²) in [4.78, 5) is 2.11. The predicted molar refractivity (Wildman–Crippen MR) is 74.6 cm³/mol. The van der Waals surface area contributed by atoms with E-state index in [0.29, 0.717) is 6.54 Å². The van der Waals surface area contributed by atoms with Crippen molar-refractivity contribution in [1.82, 2.24) is 10.1 Å². The molecule has 1 aromatic carbocycles. The average Bonchev–Trinajstić information content (AvgIpc) is 2.86. The Bertz CT molecular complexity index is 494. The molecule has 1 unspecified atom stereocenters. The molecule has 0 amide bonds. The number of hydrogen-bond donors (Lipinski definition) is 1. The van der Waals surface area contributed by atoms with Gasteiger partial charge >= 0.3 is 0 Å². The maximum absolute atomic E-state index is 9.26. The molecule has 0 aliphatic heterocycles. The predicted octanol–water partition coefficient (Wildman–Crippen LogP) is 2.54. The van der Waals surface area contributed by atoms with Crippen LogP contribution in [0.25, 0.3) is 11.3 Å². The first kappa shape index (κ1) is 13.8. The van der Waals surface area contributed by atoms with E-state index in [0.717, 1.165) is 30.0 Å². The summed E-state index contributed by atoms with van der Waals surface area (Å²) in [6.07, 6.45) is 0.493. The third-order valence-corrected chi connectivity index (χ3v) is 2.98. The van der Waals surface area contributed by atoms with Crippen LogP contribution in [0.3, 0.4) is 0 Å². The van der Waals surface area contributed by atoms with Crippen molar-refractivity contribution in [3.8, 4) is 11.3 Å². The molecule has 19 heavy (non-hydrogen) atoms. The van der Waals surface area contributed by atoms with Crippen molar-refractivity contribution in [2.75, 3.05) is 13.6 Å². The largest absolute Gasteiger partial charge is 0.393 e. The Morgan fingerprint density at radius 1 is 1.32 bits per heavy atom. The maximum Gasteiger partial charge on any atom is 0.151 e. The third-order valence-electron chi connectivity index (χ3n) is 2.98. The van der Waals surface area contributed by atoms with Gasteiger partial charge in [0, 0.05) is 18.2 Å². The van der Waals surface area contributed by atoms with E-state index in [2.05, 4.69) is 10.1 Å². The van der Waals surface area contributed by atoms with Gasteiger partial charge < -0.3 is 9.63 Å². The van der Waals surface area contributed by atoms with Gasteiger partial charge in [0.2, 0.25) is 0 Å². The summed E-state index contributed by atoms with van der Waals surface area (Å²) < 4.78 is 5.34. The van der Waals surface area contributed by atoms with Gasteiger partial charge in [-0.2, -0.15) is 0 Å². The fourth-order valence-electron chi connectivity index (χ4n) is 1.88. The minimum Gasteiger partial charge on any atom is -0.393 e. The van der Waals surface area contributed by atoms with Crippen LogP contribution in [-0.2, 0) is 6.54 Å². The molecule has 0 radical (unpaired) electrons. The van der Waals surface area contributed by atoms with E-state index in [9.17, 15) is 5.11 Å². The number of aliphatic hydroxyl groups is 1. The normalized spacial score (nSPS) is 12.8. The highest BCUT2D eigenvalue weighted by molar-refractivity contribution is 5.58. The van der Waals surface area contributed by atoms with Gasteiger partial charge in [-0.3, -0.25) is 4.90 Å². The van der Waals surface area contributed by atoms with Crippen LogP contribution >= 0.6 is 0 Å². The minimum atomic E-state index is -0.267. The zero-order valence-electron chi connectivity index (χ0n) is 11.4. The summed E-state index contributed by atoms with van der Waals surface area (Å²) in [6, 6.07) is 11.9. The number of rotatable bonds is 6. The van der Waals surface area contributed by atoms with Gasteiger partial charge in [-0.05, 0) is 20.4 Å². The van der Waals surface area contributed by atoms with Crippen molar-refractivity contribution in [2.45, 2.75) is 26.0 Å². The number of hydrogen-bond acceptors (Lipinski definition) is 4. The smallest absolute Gasteiger partial charge is 0.151 e. The van der Waals surface area contributed by atoms with E-state index in [1.165, 1.54) is 0 Å². The molecule has 4 nitrogen and oxygen atoms in total. The highest BCUT2D eigenvalue weighted by Crippen LogP contribution is 2.19. The molecule has 0 saturated heterocycles. The topological polar surface area (TPSA) is 49.5 Å². The molecule has 1 atom stereocenters. The fraction of sp³-hybridized carbons (Fsp3) is 0.400. The Hall–Kier alpha value is -1.65. The highest BCUT2D eigenvalue weighted by Gasteiger charge is 2.09. The van der Waals surface area contributed by atoms with E-state index < -0.39 is 0 Å². The molecule has 2 rings (SSSR count). The van der Waals surface area contributed by atoms with Crippen LogP contribution in [0.2, 0.25) is 0 Å². The lowest BCUT2D eigenvalue weighted by atomic mass is 10.1. The van der Waals surface area contributed by atoms with Crippen molar-refractivity contribution in [3.63, 3.8) is 0 Å². The second-order valence-electron chi connectivity index (χ2n) is 4.92. The van der Waals surface area contributed by atoms with Crippen molar-refractivity contribution < 1.29 is 9.63 Å². The molecule has 0 fully saturated rings. The van der Waals surface area contributed by atoms with E-state index in [4.69, 9.17) is 4.52 Å². The van der Waals surface area contributed by atoms with Crippen molar-refractivity contribution in [3.05, 3.63) is 42.2 Å². The zero-order valence-corrected chi connectivity index (χ0v) is 11.4. The Morgan fingerprint density at radius 2 is 2.05 bits per heavy atom. The fourth-order valence-corrected chi connectivity index (χ4v) is 1.88. The van der Waals surface area contributed by atoms with Crippen LogP contribution in [0.4, 0.5) is 0 Å². The van der Waals surface area contributed by atoms with Crippen molar-refractivity contribution >= 4 is 0 Å². The number of aliphatic hydroxyl groups excluding tert-OH is 1. The number of nitrogens with zero attached hydrogens (tertiary/aromatic N) is 2. The second kappa shape index (κ2) is 6.50. The number of aromatic nitrogens is 1. The summed E-state index contributed by atoms with van der Waals surface area (Å²) in [5, 5.41) is 13.3. The lowest BCUT2D eigenvalue weighted by Gasteiger charge is -2.15. The first-order valence-electron chi connectivity index (χ1n) is 6.53. The zero-order chi connectivity index (χ0) is 13.7. The first-order chi connectivity index (χ1) is 9.15. The summed E-state index contributed by atoms with van der Waals surface area (Å²) in [6.45, 7) is 3.33. The minimum absolute atomic E-state index is 0.267. The molecule has 1 N–H and O–H groups in total. The van der Waals surface area contributed by atoms with Crippen LogP contribution in [0, 0.1) is 0 Å². The molecule has 0 aliphatic carbocycles. The molecule has 102 valence electrons. The second-order valence-corrected chi connectivity index (χ2v) is 4.92. The van der Waals surface area contributed by atoms with Crippen molar-refractivity contribution in [2.24, 2.45) is 0 Å². The van der Waals surface area contributed by atoms with E-state index in [1.807, 2.05) is 43.4 Å². The molecule has 0 saturated carbocycles. The first-order valence-corrected chi connectivity index (χ1v) is 6.53. The Labute approximate surface area is 113 Å². The quantitative estimate of drug-likeness (QED) is 0.867. The molecule has 1 heterocycles. The lowest BCUT2D eigenvalue weighted by Crippen LogP contribution is -2.21. The standard InChI is InChI=1S/C15H20N2O2/c1-12(18)8-9-17(2)11-14-10-15(16-19-14)13-6-4-3-5-7-13/h3-7,10,12,18H,8-9,11H2,1-2H3. The van der Waals surface area contributed by atoms with Crippen molar-refractivity contribution in [1.29, 1.82) is 0 Å². The van der Waals surface area contributed by atoms with Crippen LogP contribution in [0.15, 0.2) is 40.9 Å². The molecule has 0 spiro atoms. The maximum atomic E-state index is 9.26. The van der Waals surface area contributed by atoms with Gasteiger partial charge in [0.25, 0.3) is 0 Å². The van der Waals surface area contributed by atoms with Gasteiger partial charge in [-0.25, -0.2) is 0 Å². The van der Waals surface area contributed by atoms with E-state index in [-0.39, 0.29) is 6.10 Å². The van der Waals surface area contributed by atoms with Gasteiger partial charge in [-0.15, -0.1) is 0 Å². The van der Waals surface area contributed by atoms with Gasteiger partial charge in [0.05, 0.1) is 12.6 Å². The summed E-state index contributed by atoms with van der Waals surface area (Å²) in [5.74, 6) is 0.840. The Morgan fingerprint density at radius 3 is 2.74 bits per heavy atom. The Kier molecular flexibility index (Phi) is 4.71. The summed E-state index contributed by atoms with van der Waals surface area (Å²) >= 11 is 0. The van der Waals surface area contributed by atoms with Crippen LogP contribution in [-0.4, -0.2) is 34.9 Å². The molecule has 4 heteroatoms. The van der Waals surface area contributed by atoms with E-state index >= 15 is 0 Å². The SMILES string of the molecule is CC(O)CCN(C)Cc1cc(-c2ccccc2)no1. The lowest BCUT2D eigenvalue weighted by molar-refractivity contribution is 0.159. The van der Waals surface area contributed by atoms with Crippen LogP contribution in [0.5, 0.6) is 0 Å². The Balaban J connectivity index is 1.94. The van der Waals surface area contributed by atoms with E-state index in [1.54, 1.807) is 6.92 Å². The summed E-state index contributed by atoms with van der Waals surface area (Å²) in [5.41, 5.74) is 1.92. The highest BCUT2D eigenvalue weighted by atomic mass is 16.5. The van der Waals surface area contributed by atoms with Gasteiger partial charge in [0.1, 0.15) is 5.69 Å². The average molecular weight is 260 g/mol. The van der Waals surface area contributed by atoms with Gasteiger partial charge in [-0.1, -0.05) is 35.5 Å². The molecule has 0 aliphatic rings. The van der Waals surface area contributed by atoms with Crippen LogP contribution in [0.1, 0.15) is 19.1 Å². The number of benzene rings is 1. The molecule has 0 bridgehead atoms. The molecular formula is C15H20N2O2. The molecule has 2 aromatic rings. The van der Waals surface area contributed by atoms with Gasteiger partial charge in [0.15, 0.2) is 5.76 Å². The molecule has 1 aromatic heterocycles. The monoisotopic (exact) mass is 260 g/mol.